The summed E-state index contributed by atoms with van der Waals surface area (Å²) in [5.41, 5.74) is 14.4. The van der Waals surface area contributed by atoms with Crippen LogP contribution in [-0.2, 0) is 11.2 Å². The lowest BCUT2D eigenvalue weighted by atomic mass is 9.88. The first kappa shape index (κ1) is 14.5. The standard InChI is InChI=1S/C15H22N4O/c1-15(2,3)8-9-4-5-11-12(6-9)19-14(18-11)10(16)7-13(17)20/h4-6,10H,7-8,16H2,1-3H3,(H2,17,20)(H,18,19). The fourth-order valence-electron chi connectivity index (χ4n) is 2.29. The van der Waals surface area contributed by atoms with Gasteiger partial charge in [-0.15, -0.1) is 0 Å². The second-order valence-corrected chi connectivity index (χ2v) is 6.49. The third kappa shape index (κ3) is 3.57. The summed E-state index contributed by atoms with van der Waals surface area (Å²) in [6.07, 6.45) is 1.08. The number of aromatic amines is 1. The zero-order valence-electron chi connectivity index (χ0n) is 12.2. The Morgan fingerprint density at radius 1 is 1.40 bits per heavy atom. The molecule has 5 N–H and O–H groups in total. The van der Waals surface area contributed by atoms with Crippen LogP contribution >= 0.6 is 0 Å². The zero-order valence-corrected chi connectivity index (χ0v) is 12.2. The molecule has 1 unspecified atom stereocenters. The van der Waals surface area contributed by atoms with Crippen LogP contribution in [0.2, 0.25) is 0 Å². The van der Waals surface area contributed by atoms with Crippen molar-refractivity contribution in [1.29, 1.82) is 0 Å². The van der Waals surface area contributed by atoms with E-state index in [1.807, 2.05) is 6.07 Å². The normalized spacial score (nSPS) is 13.6. The Morgan fingerprint density at radius 2 is 2.10 bits per heavy atom. The molecule has 5 heteroatoms. The molecule has 0 aliphatic heterocycles. The van der Waals surface area contributed by atoms with Gasteiger partial charge in [0.15, 0.2) is 0 Å². The van der Waals surface area contributed by atoms with Crippen LogP contribution in [0.5, 0.6) is 0 Å². The van der Waals surface area contributed by atoms with Gasteiger partial charge in [-0.3, -0.25) is 4.79 Å². The summed E-state index contributed by atoms with van der Waals surface area (Å²) in [6.45, 7) is 6.62. The van der Waals surface area contributed by atoms with Crippen molar-refractivity contribution in [3.8, 4) is 0 Å². The maximum atomic E-state index is 10.9. The van der Waals surface area contributed by atoms with Gasteiger partial charge in [0.2, 0.25) is 5.91 Å². The maximum Gasteiger partial charge on any atom is 0.219 e. The van der Waals surface area contributed by atoms with E-state index in [9.17, 15) is 4.79 Å². The number of aromatic nitrogens is 2. The van der Waals surface area contributed by atoms with Gasteiger partial charge in [0.25, 0.3) is 0 Å². The molecule has 0 saturated carbocycles. The number of imidazole rings is 1. The Kier molecular flexibility index (Phi) is 3.81. The Bertz CT molecular complexity index is 624. The Morgan fingerprint density at radius 3 is 2.70 bits per heavy atom. The summed E-state index contributed by atoms with van der Waals surface area (Å²) in [5, 5.41) is 0. The van der Waals surface area contributed by atoms with Crippen LogP contribution in [0.4, 0.5) is 0 Å². The van der Waals surface area contributed by atoms with Gasteiger partial charge in [-0.2, -0.15) is 0 Å². The molecule has 5 nitrogen and oxygen atoms in total. The number of primary amides is 1. The van der Waals surface area contributed by atoms with Gasteiger partial charge in [0.1, 0.15) is 5.82 Å². The highest BCUT2D eigenvalue weighted by Gasteiger charge is 2.15. The summed E-state index contributed by atoms with van der Waals surface area (Å²) in [7, 11) is 0. The molecular formula is C15H22N4O. The number of H-pyrrole nitrogens is 1. The highest BCUT2D eigenvalue weighted by atomic mass is 16.1. The van der Waals surface area contributed by atoms with Crippen molar-refractivity contribution >= 4 is 16.9 Å². The highest BCUT2D eigenvalue weighted by molar-refractivity contribution is 5.77. The zero-order chi connectivity index (χ0) is 14.9. The summed E-state index contributed by atoms with van der Waals surface area (Å²) in [4.78, 5) is 18.5. The van der Waals surface area contributed by atoms with Crippen molar-refractivity contribution in [2.24, 2.45) is 16.9 Å². The summed E-state index contributed by atoms with van der Waals surface area (Å²) in [5.74, 6) is 0.179. The molecule has 2 rings (SSSR count). The number of fused-ring (bicyclic) bond motifs is 1. The fraction of sp³-hybridized carbons (Fsp3) is 0.467. The molecule has 20 heavy (non-hydrogen) atoms. The molecule has 0 aliphatic carbocycles. The van der Waals surface area contributed by atoms with E-state index < -0.39 is 11.9 Å². The molecule has 1 aromatic heterocycles. The highest BCUT2D eigenvalue weighted by Crippen LogP contribution is 2.24. The lowest BCUT2D eigenvalue weighted by Crippen LogP contribution is -2.21. The van der Waals surface area contributed by atoms with Gasteiger partial charge in [0.05, 0.1) is 17.1 Å². The van der Waals surface area contributed by atoms with Gasteiger partial charge >= 0.3 is 0 Å². The molecule has 1 heterocycles. The first-order valence-corrected chi connectivity index (χ1v) is 6.77. The molecule has 0 saturated heterocycles. The molecule has 1 aromatic carbocycles. The number of carbonyl (C=O) groups excluding carboxylic acids is 1. The van der Waals surface area contributed by atoms with E-state index in [0.717, 1.165) is 17.5 Å². The lowest BCUT2D eigenvalue weighted by molar-refractivity contribution is -0.118. The van der Waals surface area contributed by atoms with Gasteiger partial charge in [-0.1, -0.05) is 26.8 Å². The molecule has 0 radical (unpaired) electrons. The Balaban J connectivity index is 2.28. The minimum absolute atomic E-state index is 0.0919. The number of rotatable bonds is 4. The molecular weight excluding hydrogens is 252 g/mol. The van der Waals surface area contributed by atoms with Crippen LogP contribution in [0.25, 0.3) is 11.0 Å². The monoisotopic (exact) mass is 274 g/mol. The number of amides is 1. The number of nitrogens with one attached hydrogen (secondary N) is 1. The first-order chi connectivity index (χ1) is 9.24. The van der Waals surface area contributed by atoms with Gasteiger partial charge < -0.3 is 16.5 Å². The second-order valence-electron chi connectivity index (χ2n) is 6.49. The number of hydrogen-bond donors (Lipinski definition) is 3. The molecule has 2 aromatic rings. The molecule has 0 spiro atoms. The topological polar surface area (TPSA) is 97.8 Å². The van der Waals surface area contributed by atoms with Crippen LogP contribution in [-0.4, -0.2) is 15.9 Å². The van der Waals surface area contributed by atoms with E-state index in [0.29, 0.717) is 5.82 Å². The second kappa shape index (κ2) is 5.25. The van der Waals surface area contributed by atoms with Crippen LogP contribution < -0.4 is 11.5 Å². The van der Waals surface area contributed by atoms with Crippen LogP contribution in [0.1, 0.15) is 44.6 Å². The first-order valence-electron chi connectivity index (χ1n) is 6.77. The van der Waals surface area contributed by atoms with E-state index in [4.69, 9.17) is 11.5 Å². The average molecular weight is 274 g/mol. The quantitative estimate of drug-likeness (QED) is 0.795. The number of benzene rings is 1. The molecule has 1 amide bonds. The third-order valence-corrected chi connectivity index (χ3v) is 3.07. The van der Waals surface area contributed by atoms with E-state index in [1.54, 1.807) is 0 Å². The number of nitrogens with zero attached hydrogens (tertiary/aromatic N) is 1. The van der Waals surface area contributed by atoms with Gasteiger partial charge in [0, 0.05) is 6.42 Å². The van der Waals surface area contributed by atoms with E-state index >= 15 is 0 Å². The fourth-order valence-corrected chi connectivity index (χ4v) is 2.29. The van der Waals surface area contributed by atoms with Crippen molar-refractivity contribution in [2.45, 2.75) is 39.7 Å². The van der Waals surface area contributed by atoms with E-state index in [-0.39, 0.29) is 11.8 Å². The van der Waals surface area contributed by atoms with Crippen LogP contribution in [0.3, 0.4) is 0 Å². The number of carbonyl (C=O) groups is 1. The van der Waals surface area contributed by atoms with Crippen LogP contribution in [0, 0.1) is 5.41 Å². The Hall–Kier alpha value is -1.88. The SMILES string of the molecule is CC(C)(C)Cc1ccc2nc(C(N)CC(N)=O)[nH]c2c1. The molecule has 0 bridgehead atoms. The number of nitrogens with two attached hydrogens (primary N) is 2. The predicted molar refractivity (Wildman–Crippen MR) is 80.0 cm³/mol. The molecule has 0 fully saturated rings. The van der Waals surface area contributed by atoms with Crippen LogP contribution in [0.15, 0.2) is 18.2 Å². The minimum atomic E-state index is -0.481. The van der Waals surface area contributed by atoms with Crippen molar-refractivity contribution < 1.29 is 4.79 Å². The van der Waals surface area contributed by atoms with Crippen molar-refractivity contribution in [1.82, 2.24) is 9.97 Å². The lowest BCUT2D eigenvalue weighted by Gasteiger charge is -2.17. The van der Waals surface area contributed by atoms with Gasteiger partial charge in [-0.05, 0) is 29.5 Å². The van der Waals surface area contributed by atoms with Crippen molar-refractivity contribution in [2.75, 3.05) is 0 Å². The van der Waals surface area contributed by atoms with Crippen molar-refractivity contribution in [3.05, 3.63) is 29.6 Å². The molecule has 1 atom stereocenters. The predicted octanol–water partition coefficient (Wildman–Crippen LogP) is 2.03. The minimum Gasteiger partial charge on any atom is -0.370 e. The van der Waals surface area contributed by atoms with E-state index in [1.165, 1.54) is 5.56 Å². The van der Waals surface area contributed by atoms with E-state index in [2.05, 4.69) is 42.9 Å². The smallest absolute Gasteiger partial charge is 0.219 e. The average Bonchev–Trinajstić information content (AvgIpc) is 2.68. The maximum absolute atomic E-state index is 10.9. The largest absolute Gasteiger partial charge is 0.370 e. The van der Waals surface area contributed by atoms with Gasteiger partial charge in [-0.25, -0.2) is 4.98 Å². The Labute approximate surface area is 118 Å². The summed E-state index contributed by atoms with van der Waals surface area (Å²) in [6, 6.07) is 5.67. The third-order valence-electron chi connectivity index (χ3n) is 3.07. The summed E-state index contributed by atoms with van der Waals surface area (Å²) < 4.78 is 0. The van der Waals surface area contributed by atoms with Crippen molar-refractivity contribution in [3.63, 3.8) is 0 Å². The number of hydrogen-bond acceptors (Lipinski definition) is 3. The summed E-state index contributed by atoms with van der Waals surface area (Å²) >= 11 is 0. The molecule has 108 valence electrons. The molecule has 0 aliphatic rings.